The average Bonchev–Trinajstić information content (AvgIpc) is 2.77. The predicted molar refractivity (Wildman–Crippen MR) is 122 cm³/mol. The zero-order valence-electron chi connectivity index (χ0n) is 18.8. The van der Waals surface area contributed by atoms with E-state index in [0.717, 1.165) is 61.3 Å². The van der Waals surface area contributed by atoms with E-state index < -0.39 is 17.9 Å². The van der Waals surface area contributed by atoms with Crippen molar-refractivity contribution in [1.82, 2.24) is 15.3 Å². The van der Waals surface area contributed by atoms with Gasteiger partial charge in [-0.1, -0.05) is 0 Å². The topological polar surface area (TPSA) is 113 Å². The van der Waals surface area contributed by atoms with Gasteiger partial charge in [0, 0.05) is 38.1 Å². The fourth-order valence-electron chi connectivity index (χ4n) is 3.85. The minimum atomic E-state index is -1.07. The SMILES string of the molecule is Cc1ccnc(C)c1C(=O)NC(CCOCCCCc1ccc2c(n1)CCCN2)C(=O)O. The van der Waals surface area contributed by atoms with E-state index in [0.29, 0.717) is 17.9 Å². The van der Waals surface area contributed by atoms with Gasteiger partial charge in [0.15, 0.2) is 0 Å². The van der Waals surface area contributed by atoms with Crippen LogP contribution in [0.2, 0.25) is 0 Å². The molecule has 3 N–H and O–H groups in total. The number of aryl methyl sites for hydroxylation is 4. The van der Waals surface area contributed by atoms with Gasteiger partial charge in [0.05, 0.1) is 22.6 Å². The summed E-state index contributed by atoms with van der Waals surface area (Å²) in [6.07, 6.45) is 6.71. The second-order valence-electron chi connectivity index (χ2n) is 8.14. The first-order valence-corrected chi connectivity index (χ1v) is 11.2. The second-order valence-corrected chi connectivity index (χ2v) is 8.14. The number of ether oxygens (including phenoxy) is 1. The number of hydrogen-bond acceptors (Lipinski definition) is 6. The molecule has 1 atom stereocenters. The Bertz CT molecular complexity index is 927. The third-order valence-corrected chi connectivity index (χ3v) is 5.64. The van der Waals surface area contributed by atoms with Crippen molar-refractivity contribution in [1.29, 1.82) is 0 Å². The van der Waals surface area contributed by atoms with Crippen molar-refractivity contribution in [2.45, 2.75) is 58.4 Å². The van der Waals surface area contributed by atoms with Crippen molar-refractivity contribution in [2.24, 2.45) is 0 Å². The van der Waals surface area contributed by atoms with E-state index >= 15 is 0 Å². The van der Waals surface area contributed by atoms with Gasteiger partial charge in [0.1, 0.15) is 6.04 Å². The molecule has 0 radical (unpaired) electrons. The van der Waals surface area contributed by atoms with Gasteiger partial charge in [-0.05, 0) is 69.7 Å². The molecule has 0 saturated heterocycles. The molecule has 32 heavy (non-hydrogen) atoms. The van der Waals surface area contributed by atoms with Crippen LogP contribution in [0.1, 0.15) is 58.7 Å². The third kappa shape index (κ3) is 6.50. The maximum Gasteiger partial charge on any atom is 0.326 e. The fourth-order valence-corrected chi connectivity index (χ4v) is 3.85. The molecule has 1 unspecified atom stereocenters. The zero-order chi connectivity index (χ0) is 22.9. The Morgan fingerprint density at radius 1 is 1.22 bits per heavy atom. The summed E-state index contributed by atoms with van der Waals surface area (Å²) in [7, 11) is 0. The zero-order valence-corrected chi connectivity index (χ0v) is 18.8. The maximum absolute atomic E-state index is 12.5. The highest BCUT2D eigenvalue weighted by molar-refractivity contribution is 5.98. The molecule has 0 bridgehead atoms. The first-order chi connectivity index (χ1) is 15.5. The van der Waals surface area contributed by atoms with Gasteiger partial charge in [-0.15, -0.1) is 0 Å². The Labute approximate surface area is 188 Å². The van der Waals surface area contributed by atoms with Crippen molar-refractivity contribution in [2.75, 3.05) is 25.1 Å². The molecule has 0 aromatic carbocycles. The van der Waals surface area contributed by atoms with E-state index in [1.54, 1.807) is 26.1 Å². The molecule has 2 aromatic heterocycles. The smallest absolute Gasteiger partial charge is 0.326 e. The van der Waals surface area contributed by atoms with E-state index in [4.69, 9.17) is 9.72 Å². The molecule has 0 aliphatic carbocycles. The van der Waals surface area contributed by atoms with E-state index in [1.165, 1.54) is 0 Å². The highest BCUT2D eigenvalue weighted by atomic mass is 16.5. The van der Waals surface area contributed by atoms with Gasteiger partial charge in [-0.2, -0.15) is 0 Å². The number of aliphatic carboxylic acids is 1. The molecule has 0 saturated carbocycles. The van der Waals surface area contributed by atoms with Crippen LogP contribution in [0.15, 0.2) is 24.4 Å². The normalized spacial score (nSPS) is 13.7. The van der Waals surface area contributed by atoms with Gasteiger partial charge < -0.3 is 20.5 Å². The van der Waals surface area contributed by atoms with Gasteiger partial charge >= 0.3 is 5.97 Å². The van der Waals surface area contributed by atoms with E-state index in [2.05, 4.69) is 27.8 Å². The maximum atomic E-state index is 12.5. The summed E-state index contributed by atoms with van der Waals surface area (Å²) in [5.74, 6) is -1.50. The Kier molecular flexibility index (Phi) is 8.56. The molecule has 0 spiro atoms. The monoisotopic (exact) mass is 440 g/mol. The number of amides is 1. The van der Waals surface area contributed by atoms with Gasteiger partial charge in [0.25, 0.3) is 5.91 Å². The molecule has 1 aliphatic rings. The van der Waals surface area contributed by atoms with Crippen molar-refractivity contribution in [3.8, 4) is 0 Å². The number of anilines is 1. The minimum absolute atomic E-state index is 0.207. The molecule has 0 fully saturated rings. The minimum Gasteiger partial charge on any atom is -0.480 e. The number of hydrogen-bond donors (Lipinski definition) is 3. The van der Waals surface area contributed by atoms with Crippen molar-refractivity contribution in [3.63, 3.8) is 0 Å². The molecule has 1 aliphatic heterocycles. The van der Waals surface area contributed by atoms with Crippen LogP contribution in [0.25, 0.3) is 0 Å². The van der Waals surface area contributed by atoms with Crippen molar-refractivity contribution < 1.29 is 19.4 Å². The Balaban J connectivity index is 1.36. The lowest BCUT2D eigenvalue weighted by Gasteiger charge is -2.17. The van der Waals surface area contributed by atoms with Crippen molar-refractivity contribution >= 4 is 17.6 Å². The summed E-state index contributed by atoms with van der Waals surface area (Å²) in [6.45, 7) is 5.37. The van der Waals surface area contributed by atoms with Crippen LogP contribution in [0.5, 0.6) is 0 Å². The quantitative estimate of drug-likeness (QED) is 0.460. The number of carboxylic acids is 1. The van der Waals surface area contributed by atoms with Crippen LogP contribution in [0, 0.1) is 13.8 Å². The van der Waals surface area contributed by atoms with Crippen LogP contribution < -0.4 is 10.6 Å². The molecule has 172 valence electrons. The van der Waals surface area contributed by atoms with E-state index in [1.807, 2.05) is 0 Å². The molecule has 2 aromatic rings. The lowest BCUT2D eigenvalue weighted by molar-refractivity contribution is -0.139. The highest BCUT2D eigenvalue weighted by Crippen LogP contribution is 2.20. The molecular weight excluding hydrogens is 408 g/mol. The summed E-state index contributed by atoms with van der Waals surface area (Å²) in [5.41, 5.74) is 5.17. The first-order valence-electron chi connectivity index (χ1n) is 11.2. The first kappa shape index (κ1) is 23.7. The van der Waals surface area contributed by atoms with Crippen LogP contribution in [0.3, 0.4) is 0 Å². The van der Waals surface area contributed by atoms with Crippen molar-refractivity contribution in [3.05, 3.63) is 52.6 Å². The number of aromatic nitrogens is 2. The number of carboxylic acid groups (broad SMARTS) is 1. The van der Waals surface area contributed by atoms with Crippen LogP contribution in [-0.2, 0) is 22.4 Å². The van der Waals surface area contributed by atoms with Gasteiger partial charge in [-0.25, -0.2) is 4.79 Å². The molecule has 8 heteroatoms. The number of carbonyl (C=O) groups is 2. The molecule has 3 rings (SSSR count). The second kappa shape index (κ2) is 11.6. The Morgan fingerprint density at radius 2 is 2.06 bits per heavy atom. The van der Waals surface area contributed by atoms with Crippen LogP contribution >= 0.6 is 0 Å². The number of nitrogens with one attached hydrogen (secondary N) is 2. The number of pyridine rings is 2. The summed E-state index contributed by atoms with van der Waals surface area (Å²) >= 11 is 0. The van der Waals surface area contributed by atoms with Crippen LogP contribution in [0.4, 0.5) is 5.69 Å². The van der Waals surface area contributed by atoms with E-state index in [9.17, 15) is 14.7 Å². The Hall–Kier alpha value is -3.00. The van der Waals surface area contributed by atoms with Gasteiger partial charge in [0.2, 0.25) is 0 Å². The largest absolute Gasteiger partial charge is 0.480 e. The number of fused-ring (bicyclic) bond motifs is 1. The molecule has 1 amide bonds. The summed E-state index contributed by atoms with van der Waals surface area (Å²) < 4.78 is 5.62. The number of nitrogens with zero attached hydrogens (tertiary/aromatic N) is 2. The fraction of sp³-hybridized carbons (Fsp3) is 0.500. The highest BCUT2D eigenvalue weighted by Gasteiger charge is 2.22. The summed E-state index contributed by atoms with van der Waals surface area (Å²) in [5, 5.41) is 15.4. The molecule has 8 nitrogen and oxygen atoms in total. The standard InChI is InChI=1S/C24H32N4O4/c1-16-10-13-25-17(2)22(16)23(29)28-21(24(30)31)11-15-32-14-4-3-6-18-8-9-19-20(27-18)7-5-12-26-19/h8-10,13,21,26H,3-7,11-12,14-15H2,1-2H3,(H,28,29)(H,30,31). The number of rotatable bonds is 11. The predicted octanol–water partition coefficient (Wildman–Crippen LogP) is 3.06. The molecular formula is C24H32N4O4. The summed E-state index contributed by atoms with van der Waals surface area (Å²) in [4.78, 5) is 33.0. The Morgan fingerprint density at radius 3 is 2.84 bits per heavy atom. The molecule has 3 heterocycles. The summed E-state index contributed by atoms with van der Waals surface area (Å²) in [6, 6.07) is 4.92. The van der Waals surface area contributed by atoms with Gasteiger partial charge in [-0.3, -0.25) is 14.8 Å². The number of carbonyl (C=O) groups excluding carboxylic acids is 1. The van der Waals surface area contributed by atoms with E-state index in [-0.39, 0.29) is 13.0 Å². The third-order valence-electron chi connectivity index (χ3n) is 5.64. The lowest BCUT2D eigenvalue weighted by atomic mass is 10.1. The van der Waals surface area contributed by atoms with Crippen LogP contribution in [-0.4, -0.2) is 52.8 Å². The number of unbranched alkanes of at least 4 members (excludes halogenated alkanes) is 1. The lowest BCUT2D eigenvalue weighted by Crippen LogP contribution is -2.42. The average molecular weight is 441 g/mol.